The van der Waals surface area contributed by atoms with Crippen LogP contribution in [0.15, 0.2) is 66.7 Å². The van der Waals surface area contributed by atoms with E-state index in [1.807, 2.05) is 24.3 Å². The number of hydrogen-bond donors (Lipinski definition) is 1. The van der Waals surface area contributed by atoms with Gasteiger partial charge in [0.25, 0.3) is 5.91 Å². The molecule has 3 aromatic rings. The first-order valence-electron chi connectivity index (χ1n) is 13.8. The highest BCUT2D eigenvalue weighted by atomic mass is 35.5. The molecule has 1 aliphatic heterocycles. The number of carbonyl (C=O) groups excluding carboxylic acids is 4. The van der Waals surface area contributed by atoms with Crippen LogP contribution in [0.4, 0.5) is 5.69 Å². The molecule has 2 atom stereocenters. The quantitative estimate of drug-likeness (QED) is 0.189. The Labute approximate surface area is 247 Å². The minimum atomic E-state index is -0.506. The molecule has 41 heavy (non-hydrogen) atoms. The number of imide groups is 1. The van der Waals surface area contributed by atoms with Crippen molar-refractivity contribution in [1.29, 1.82) is 0 Å². The molecule has 9 heteroatoms. The van der Waals surface area contributed by atoms with Crippen LogP contribution in [-0.4, -0.2) is 41.7 Å². The fourth-order valence-electron chi connectivity index (χ4n) is 6.67. The van der Waals surface area contributed by atoms with E-state index < -0.39 is 18.5 Å². The van der Waals surface area contributed by atoms with Gasteiger partial charge in [-0.05, 0) is 53.3 Å². The van der Waals surface area contributed by atoms with Crippen molar-refractivity contribution in [2.45, 2.75) is 37.5 Å². The molecule has 3 aliphatic carbocycles. The summed E-state index contributed by atoms with van der Waals surface area (Å²) >= 11 is 11.9. The molecule has 7 rings (SSSR count). The van der Waals surface area contributed by atoms with E-state index in [-0.39, 0.29) is 46.9 Å². The van der Waals surface area contributed by atoms with E-state index in [0.29, 0.717) is 36.5 Å². The van der Waals surface area contributed by atoms with E-state index >= 15 is 0 Å². The van der Waals surface area contributed by atoms with Gasteiger partial charge in [0.15, 0.2) is 6.61 Å². The third-order valence-electron chi connectivity index (χ3n) is 8.37. The molecule has 0 saturated carbocycles. The second-order valence-electron chi connectivity index (χ2n) is 10.7. The lowest BCUT2D eigenvalue weighted by atomic mass is 9.55. The molecule has 3 amide bonds. The molecule has 1 N–H and O–H groups in total. The molecule has 0 spiro atoms. The van der Waals surface area contributed by atoms with Crippen LogP contribution in [0.1, 0.15) is 59.8 Å². The van der Waals surface area contributed by atoms with Gasteiger partial charge in [0.05, 0.1) is 22.5 Å². The zero-order valence-electron chi connectivity index (χ0n) is 22.1. The van der Waals surface area contributed by atoms with Gasteiger partial charge in [0, 0.05) is 29.8 Å². The predicted octanol–water partition coefficient (Wildman–Crippen LogP) is 5.93. The number of anilines is 1. The molecule has 1 heterocycles. The molecule has 0 radical (unpaired) electrons. The third kappa shape index (κ3) is 5.02. The Kier molecular flexibility index (Phi) is 7.58. The summed E-state index contributed by atoms with van der Waals surface area (Å²) in [6.07, 6.45) is 1.89. The van der Waals surface area contributed by atoms with Crippen molar-refractivity contribution in [3.63, 3.8) is 0 Å². The highest BCUT2D eigenvalue weighted by molar-refractivity contribution is 6.36. The van der Waals surface area contributed by atoms with Gasteiger partial charge in [0.2, 0.25) is 11.8 Å². The average molecular weight is 591 g/mol. The summed E-state index contributed by atoms with van der Waals surface area (Å²) in [6.45, 7) is -0.0967. The zero-order valence-corrected chi connectivity index (χ0v) is 23.7. The first-order chi connectivity index (χ1) is 19.8. The number of benzene rings is 3. The lowest BCUT2D eigenvalue weighted by molar-refractivity contribution is -0.147. The monoisotopic (exact) mass is 590 g/mol. The minimum Gasteiger partial charge on any atom is -0.456 e. The average Bonchev–Trinajstić information content (AvgIpc) is 3.23. The second-order valence-corrected chi connectivity index (χ2v) is 11.6. The SMILES string of the molecule is O=C(COC(=O)CCCCCN1C(=O)[C@H]2C3c4ccccc4C(c4ccccc43)[C@@H]2C1=O)Nc1ccc(Cl)cc1Cl. The Bertz CT molecular complexity index is 1440. The second kappa shape index (κ2) is 11.3. The topological polar surface area (TPSA) is 92.8 Å². The van der Waals surface area contributed by atoms with E-state index in [4.69, 9.17) is 27.9 Å². The maximum absolute atomic E-state index is 13.6. The summed E-state index contributed by atoms with van der Waals surface area (Å²) in [6, 6.07) is 21.0. The summed E-state index contributed by atoms with van der Waals surface area (Å²) in [7, 11) is 0. The summed E-state index contributed by atoms with van der Waals surface area (Å²) in [5.74, 6) is -2.15. The number of ether oxygens (including phenoxy) is 1. The Balaban J connectivity index is 0.996. The van der Waals surface area contributed by atoms with Gasteiger partial charge in [-0.2, -0.15) is 0 Å². The number of rotatable bonds is 9. The van der Waals surface area contributed by atoms with Crippen molar-refractivity contribution in [2.75, 3.05) is 18.5 Å². The molecule has 210 valence electrons. The van der Waals surface area contributed by atoms with Crippen LogP contribution in [0, 0.1) is 11.8 Å². The summed E-state index contributed by atoms with van der Waals surface area (Å²) in [5, 5.41) is 3.31. The summed E-state index contributed by atoms with van der Waals surface area (Å²) < 4.78 is 5.07. The van der Waals surface area contributed by atoms with Crippen molar-refractivity contribution < 1.29 is 23.9 Å². The van der Waals surface area contributed by atoms with Crippen molar-refractivity contribution in [3.05, 3.63) is 99.0 Å². The van der Waals surface area contributed by atoms with Crippen LogP contribution in [0.3, 0.4) is 0 Å². The molecule has 1 saturated heterocycles. The summed E-state index contributed by atoms with van der Waals surface area (Å²) in [4.78, 5) is 52.9. The smallest absolute Gasteiger partial charge is 0.306 e. The summed E-state index contributed by atoms with van der Waals surface area (Å²) in [5.41, 5.74) is 5.00. The molecular weight excluding hydrogens is 563 g/mol. The maximum atomic E-state index is 13.6. The number of halogens is 2. The van der Waals surface area contributed by atoms with Gasteiger partial charge in [-0.25, -0.2) is 0 Å². The van der Waals surface area contributed by atoms with Crippen LogP contribution in [-0.2, 0) is 23.9 Å². The van der Waals surface area contributed by atoms with Gasteiger partial charge in [-0.3, -0.25) is 24.1 Å². The van der Waals surface area contributed by atoms with Gasteiger partial charge >= 0.3 is 5.97 Å². The molecule has 0 unspecified atom stereocenters. The van der Waals surface area contributed by atoms with E-state index in [9.17, 15) is 19.2 Å². The largest absolute Gasteiger partial charge is 0.456 e. The number of nitrogens with one attached hydrogen (secondary N) is 1. The van der Waals surface area contributed by atoms with Crippen LogP contribution < -0.4 is 5.32 Å². The van der Waals surface area contributed by atoms with E-state index in [1.165, 1.54) is 11.0 Å². The third-order valence-corrected chi connectivity index (χ3v) is 8.92. The lowest BCUT2D eigenvalue weighted by Gasteiger charge is -2.45. The Morgan fingerprint density at radius 3 is 1.88 bits per heavy atom. The molecule has 4 aliphatic rings. The predicted molar refractivity (Wildman–Crippen MR) is 155 cm³/mol. The zero-order chi connectivity index (χ0) is 28.7. The van der Waals surface area contributed by atoms with Crippen LogP contribution in [0.2, 0.25) is 10.0 Å². The fourth-order valence-corrected chi connectivity index (χ4v) is 7.13. The van der Waals surface area contributed by atoms with Gasteiger partial charge in [-0.15, -0.1) is 0 Å². The van der Waals surface area contributed by atoms with Crippen molar-refractivity contribution >= 4 is 52.6 Å². The Hall–Kier alpha value is -3.68. The molecular formula is C32H28Cl2N2O5. The number of carbonyl (C=O) groups is 4. The number of likely N-dealkylation sites (tertiary alicyclic amines) is 1. The fraction of sp³-hybridized carbons (Fsp3) is 0.312. The van der Waals surface area contributed by atoms with Crippen molar-refractivity contribution in [2.24, 2.45) is 11.8 Å². The van der Waals surface area contributed by atoms with E-state index in [0.717, 1.165) is 22.3 Å². The first-order valence-corrected chi connectivity index (χ1v) is 14.5. The molecule has 2 bridgehead atoms. The standard InChI is InChI=1S/C32H28Cl2N2O5/c33-18-13-14-24(23(34)16-18)35-25(37)17-41-26(38)12-2-1-7-15-36-31(39)29-27-19-8-3-4-9-20(19)28(30(29)32(36)40)22-11-6-5-10-21(22)27/h3-6,8-11,13-14,16,27-30H,1-2,7,12,15,17H2,(H,35,37)/t27?,28?,29-,30-/m0/s1. The van der Waals surface area contributed by atoms with Gasteiger partial charge in [-0.1, -0.05) is 78.2 Å². The number of nitrogens with zero attached hydrogens (tertiary/aromatic N) is 1. The van der Waals surface area contributed by atoms with Gasteiger partial charge in [0.1, 0.15) is 0 Å². The van der Waals surface area contributed by atoms with E-state index in [2.05, 4.69) is 29.6 Å². The molecule has 0 aromatic heterocycles. The van der Waals surface area contributed by atoms with Crippen molar-refractivity contribution in [1.82, 2.24) is 4.90 Å². The number of unbranched alkanes of at least 4 members (excludes halogenated alkanes) is 2. The van der Waals surface area contributed by atoms with Gasteiger partial charge < -0.3 is 10.1 Å². The van der Waals surface area contributed by atoms with Crippen LogP contribution in [0.5, 0.6) is 0 Å². The number of amides is 3. The Morgan fingerprint density at radius 2 is 1.34 bits per heavy atom. The first kappa shape index (κ1) is 27.5. The molecule has 1 fully saturated rings. The minimum absolute atomic E-state index is 0.0924. The highest BCUT2D eigenvalue weighted by Crippen LogP contribution is 2.60. The lowest BCUT2D eigenvalue weighted by Crippen LogP contribution is -2.41. The van der Waals surface area contributed by atoms with Crippen molar-refractivity contribution in [3.8, 4) is 0 Å². The number of hydrogen-bond acceptors (Lipinski definition) is 5. The number of esters is 1. The van der Waals surface area contributed by atoms with E-state index in [1.54, 1.807) is 12.1 Å². The normalized spacial score (nSPS) is 21.8. The maximum Gasteiger partial charge on any atom is 0.306 e. The molecule has 3 aromatic carbocycles. The van der Waals surface area contributed by atoms with Crippen LogP contribution in [0.25, 0.3) is 0 Å². The highest BCUT2D eigenvalue weighted by Gasteiger charge is 2.61. The van der Waals surface area contributed by atoms with Crippen LogP contribution >= 0.6 is 23.2 Å². The Morgan fingerprint density at radius 1 is 0.780 bits per heavy atom. The molecule has 7 nitrogen and oxygen atoms in total.